The highest BCUT2D eigenvalue weighted by Gasteiger charge is 2.29. The highest BCUT2D eigenvalue weighted by molar-refractivity contribution is 8.00. The number of fused-ring (bicyclic) bond motifs is 1. The molecule has 0 aliphatic carbocycles. The van der Waals surface area contributed by atoms with E-state index in [1.807, 2.05) is 0 Å². The normalized spacial score (nSPS) is 16.9. The lowest BCUT2D eigenvalue weighted by molar-refractivity contribution is -0.137. The summed E-state index contributed by atoms with van der Waals surface area (Å²) in [4.78, 5) is 15.9. The molecule has 3 aromatic rings. The van der Waals surface area contributed by atoms with Crippen molar-refractivity contribution in [3.8, 4) is 5.75 Å². The van der Waals surface area contributed by atoms with E-state index in [9.17, 15) is 13.2 Å². The Labute approximate surface area is 165 Å². The fraction of sp³-hybridized carbons (Fsp3) is 0.222. The predicted molar refractivity (Wildman–Crippen MR) is 103 cm³/mol. The lowest BCUT2D eigenvalue weighted by atomic mass is 10.3. The van der Waals surface area contributed by atoms with Crippen LogP contribution < -0.4 is 9.46 Å². The minimum Gasteiger partial charge on any atom is -0.495 e. The lowest BCUT2D eigenvalue weighted by Gasteiger charge is -2.11. The summed E-state index contributed by atoms with van der Waals surface area (Å²) in [5.41, 5.74) is 1.16. The van der Waals surface area contributed by atoms with Crippen LogP contribution in [-0.4, -0.2) is 38.3 Å². The van der Waals surface area contributed by atoms with Crippen molar-refractivity contribution in [2.24, 2.45) is 0 Å². The van der Waals surface area contributed by atoms with E-state index in [1.54, 1.807) is 24.3 Å². The quantitative estimate of drug-likeness (QED) is 0.606. The molecule has 28 heavy (non-hydrogen) atoms. The molecule has 2 aromatic carbocycles. The van der Waals surface area contributed by atoms with Gasteiger partial charge in [-0.15, -0.1) is 0 Å². The molecule has 1 N–H and O–H groups in total. The number of nitrogens with zero attached hydrogens (tertiary/aromatic N) is 1. The minimum atomic E-state index is -3.85. The SMILES string of the molecule is COc1ccccc1NS(=O)(=O)c1ccc2oc(S[C@@H]3CCOC3=O)nc2c1. The molecule has 1 aliphatic heterocycles. The van der Waals surface area contributed by atoms with Crippen molar-refractivity contribution < 1.29 is 27.1 Å². The van der Waals surface area contributed by atoms with E-state index >= 15 is 0 Å². The van der Waals surface area contributed by atoms with Gasteiger partial charge in [-0.3, -0.25) is 9.52 Å². The van der Waals surface area contributed by atoms with Gasteiger partial charge in [-0.05, 0) is 30.3 Å². The summed E-state index contributed by atoms with van der Waals surface area (Å²) in [7, 11) is -2.39. The average molecular weight is 420 g/mol. The number of aromatic nitrogens is 1. The Morgan fingerprint density at radius 1 is 1.25 bits per heavy atom. The molecule has 4 rings (SSSR count). The highest BCUT2D eigenvalue weighted by Crippen LogP contribution is 2.32. The van der Waals surface area contributed by atoms with Crippen molar-refractivity contribution in [3.05, 3.63) is 42.5 Å². The maximum Gasteiger partial charge on any atom is 0.319 e. The Balaban J connectivity index is 1.60. The number of para-hydroxylation sites is 2. The zero-order chi connectivity index (χ0) is 19.7. The van der Waals surface area contributed by atoms with Crippen molar-refractivity contribution in [1.82, 2.24) is 4.98 Å². The first-order chi connectivity index (χ1) is 13.5. The van der Waals surface area contributed by atoms with Gasteiger partial charge in [0.1, 0.15) is 16.5 Å². The number of sulfonamides is 1. The van der Waals surface area contributed by atoms with Gasteiger partial charge in [-0.2, -0.15) is 0 Å². The fourth-order valence-electron chi connectivity index (χ4n) is 2.74. The Morgan fingerprint density at radius 2 is 2.07 bits per heavy atom. The van der Waals surface area contributed by atoms with E-state index in [2.05, 4.69) is 9.71 Å². The molecule has 0 saturated carbocycles. The van der Waals surface area contributed by atoms with Crippen LogP contribution in [0.15, 0.2) is 57.0 Å². The van der Waals surface area contributed by atoms with E-state index in [1.165, 1.54) is 37.1 Å². The number of anilines is 1. The van der Waals surface area contributed by atoms with Crippen molar-refractivity contribution in [2.75, 3.05) is 18.4 Å². The minimum absolute atomic E-state index is 0.0380. The summed E-state index contributed by atoms with van der Waals surface area (Å²) in [5.74, 6) is 0.118. The molecule has 8 nitrogen and oxygen atoms in total. The Kier molecular flexibility index (Phi) is 4.90. The molecule has 1 saturated heterocycles. The molecular formula is C18H16N2O6S2. The van der Waals surface area contributed by atoms with Gasteiger partial charge in [0, 0.05) is 6.42 Å². The zero-order valence-corrected chi connectivity index (χ0v) is 16.4. The summed E-state index contributed by atoms with van der Waals surface area (Å²) in [6.45, 7) is 0.383. The average Bonchev–Trinajstić information content (AvgIpc) is 3.27. The number of carbonyl (C=O) groups is 1. The summed E-state index contributed by atoms with van der Waals surface area (Å²) in [6.07, 6.45) is 0.588. The Hall–Kier alpha value is -2.72. The Bertz CT molecular complexity index is 1140. The first kappa shape index (κ1) is 18.6. The molecule has 0 radical (unpaired) electrons. The summed E-state index contributed by atoms with van der Waals surface area (Å²) >= 11 is 1.17. The van der Waals surface area contributed by atoms with E-state index in [4.69, 9.17) is 13.9 Å². The summed E-state index contributed by atoms with van der Waals surface area (Å²) in [5, 5.41) is -0.0606. The third-order valence-corrected chi connectivity index (χ3v) is 6.58. The first-order valence-corrected chi connectivity index (χ1v) is 10.7. The number of carbonyl (C=O) groups excluding carboxylic acids is 1. The second-order valence-electron chi connectivity index (χ2n) is 5.98. The number of methoxy groups -OCH3 is 1. The molecule has 0 spiro atoms. The van der Waals surface area contributed by atoms with Gasteiger partial charge in [0.05, 0.1) is 24.3 Å². The lowest BCUT2D eigenvalue weighted by Crippen LogP contribution is -2.13. The largest absolute Gasteiger partial charge is 0.495 e. The zero-order valence-electron chi connectivity index (χ0n) is 14.7. The van der Waals surface area contributed by atoms with Crippen LogP contribution in [0.5, 0.6) is 5.75 Å². The van der Waals surface area contributed by atoms with Crippen LogP contribution in [0.3, 0.4) is 0 Å². The number of esters is 1. The van der Waals surface area contributed by atoms with Gasteiger partial charge in [0.15, 0.2) is 5.58 Å². The number of oxazole rings is 1. The molecule has 0 bridgehead atoms. The fourth-order valence-corrected chi connectivity index (χ4v) is 4.74. The molecule has 0 amide bonds. The topological polar surface area (TPSA) is 108 Å². The number of hydrogen-bond acceptors (Lipinski definition) is 8. The molecule has 2 heterocycles. The van der Waals surface area contributed by atoms with E-state index in [0.717, 1.165) is 0 Å². The van der Waals surface area contributed by atoms with Gasteiger partial charge in [0.2, 0.25) is 0 Å². The maximum atomic E-state index is 12.8. The van der Waals surface area contributed by atoms with Crippen LogP contribution >= 0.6 is 11.8 Å². The summed E-state index contributed by atoms with van der Waals surface area (Å²) < 4.78 is 43.7. The van der Waals surface area contributed by atoms with Crippen molar-refractivity contribution >= 4 is 44.5 Å². The molecule has 10 heteroatoms. The standard InChI is InChI=1S/C18H16N2O6S2/c1-24-14-5-3-2-4-12(14)20-28(22,23)11-6-7-15-13(10-11)19-18(26-15)27-16-8-9-25-17(16)21/h2-7,10,16,20H,8-9H2,1H3/t16-/m1/s1. The van der Waals surface area contributed by atoms with Crippen LogP contribution in [0.4, 0.5) is 5.69 Å². The number of thioether (sulfide) groups is 1. The number of cyclic esters (lactones) is 1. The first-order valence-electron chi connectivity index (χ1n) is 8.36. The van der Waals surface area contributed by atoms with Crippen LogP contribution in [-0.2, 0) is 19.6 Å². The molecular weight excluding hydrogens is 404 g/mol. The highest BCUT2D eigenvalue weighted by atomic mass is 32.2. The number of benzene rings is 2. The van der Waals surface area contributed by atoms with Gasteiger partial charge in [-0.1, -0.05) is 23.9 Å². The number of rotatable bonds is 6. The monoisotopic (exact) mass is 420 g/mol. The molecule has 1 aromatic heterocycles. The smallest absolute Gasteiger partial charge is 0.319 e. The molecule has 1 atom stereocenters. The number of ether oxygens (including phenoxy) is 2. The maximum absolute atomic E-state index is 12.8. The predicted octanol–water partition coefficient (Wildman–Crippen LogP) is 3.04. The number of hydrogen-bond donors (Lipinski definition) is 1. The molecule has 1 aliphatic rings. The van der Waals surface area contributed by atoms with E-state index in [0.29, 0.717) is 40.8 Å². The molecule has 1 fully saturated rings. The molecule has 0 unspecified atom stereocenters. The van der Waals surface area contributed by atoms with Gasteiger partial charge in [0.25, 0.3) is 15.2 Å². The third-order valence-electron chi connectivity index (χ3n) is 4.13. The van der Waals surface area contributed by atoms with Crippen LogP contribution in [0.1, 0.15) is 6.42 Å². The van der Waals surface area contributed by atoms with E-state index < -0.39 is 10.0 Å². The van der Waals surface area contributed by atoms with Crippen LogP contribution in [0, 0.1) is 0 Å². The van der Waals surface area contributed by atoms with E-state index in [-0.39, 0.29) is 16.1 Å². The van der Waals surface area contributed by atoms with Gasteiger partial charge in [-0.25, -0.2) is 13.4 Å². The van der Waals surface area contributed by atoms with Gasteiger partial charge >= 0.3 is 5.97 Å². The molecule has 146 valence electrons. The summed E-state index contributed by atoms with van der Waals surface area (Å²) in [6, 6.07) is 11.1. The second kappa shape index (κ2) is 7.36. The third kappa shape index (κ3) is 3.65. The van der Waals surface area contributed by atoms with Crippen LogP contribution in [0.2, 0.25) is 0 Å². The van der Waals surface area contributed by atoms with Crippen molar-refractivity contribution in [2.45, 2.75) is 21.8 Å². The van der Waals surface area contributed by atoms with Crippen LogP contribution in [0.25, 0.3) is 11.1 Å². The number of nitrogens with one attached hydrogen (secondary N) is 1. The van der Waals surface area contributed by atoms with Crippen molar-refractivity contribution in [1.29, 1.82) is 0 Å². The Morgan fingerprint density at radius 3 is 2.82 bits per heavy atom. The second-order valence-corrected chi connectivity index (χ2v) is 8.81. The van der Waals surface area contributed by atoms with Crippen molar-refractivity contribution in [3.63, 3.8) is 0 Å². The van der Waals surface area contributed by atoms with Gasteiger partial charge < -0.3 is 13.9 Å².